The molecule has 1 aromatic rings. The van der Waals surface area contributed by atoms with Crippen LogP contribution in [0.25, 0.3) is 0 Å². The molecule has 4 nitrogen and oxygen atoms in total. The normalized spacial score (nSPS) is 9.76. The summed E-state index contributed by atoms with van der Waals surface area (Å²) < 4.78 is 5.13. The van der Waals surface area contributed by atoms with Crippen molar-refractivity contribution < 1.29 is 9.53 Å². The highest BCUT2D eigenvalue weighted by atomic mass is 16.5. The molecule has 1 amide bonds. The lowest BCUT2D eigenvalue weighted by Crippen LogP contribution is -2.35. The van der Waals surface area contributed by atoms with Crippen LogP contribution in [0, 0.1) is 0 Å². The Kier molecular flexibility index (Phi) is 5.23. The Bertz CT molecular complexity index is 391. The molecule has 1 aromatic carbocycles. The van der Waals surface area contributed by atoms with Crippen molar-refractivity contribution in [1.29, 1.82) is 0 Å². The molecule has 0 fully saturated rings. The molecule has 0 spiro atoms. The third-order valence-electron chi connectivity index (χ3n) is 2.38. The van der Waals surface area contributed by atoms with Gasteiger partial charge >= 0.3 is 0 Å². The van der Waals surface area contributed by atoms with Crippen molar-refractivity contribution in [2.24, 2.45) is 5.73 Å². The van der Waals surface area contributed by atoms with Crippen molar-refractivity contribution in [2.75, 3.05) is 20.2 Å². The number of nitrogens with zero attached hydrogens (tertiary/aromatic N) is 1. The van der Waals surface area contributed by atoms with E-state index in [2.05, 4.69) is 6.58 Å². The molecule has 0 atom stereocenters. The van der Waals surface area contributed by atoms with Gasteiger partial charge in [0.2, 0.25) is 5.91 Å². The largest absolute Gasteiger partial charge is 0.497 e. The maximum atomic E-state index is 11.6. The zero-order valence-corrected chi connectivity index (χ0v) is 10.1. The van der Waals surface area contributed by atoms with Crippen LogP contribution in [0.5, 0.6) is 5.75 Å². The molecule has 17 heavy (non-hydrogen) atoms. The molecule has 0 unspecified atom stereocenters. The van der Waals surface area contributed by atoms with Crippen LogP contribution >= 0.6 is 0 Å². The van der Waals surface area contributed by atoms with Gasteiger partial charge in [-0.3, -0.25) is 4.79 Å². The molecule has 0 aliphatic carbocycles. The smallest absolute Gasteiger partial charge is 0.236 e. The number of methoxy groups -OCH3 is 1. The second kappa shape index (κ2) is 6.70. The summed E-state index contributed by atoms with van der Waals surface area (Å²) in [4.78, 5) is 13.2. The molecule has 0 radical (unpaired) electrons. The van der Waals surface area contributed by atoms with Crippen LogP contribution in [0.3, 0.4) is 0 Å². The SMILES string of the molecule is C=CCN(Cc1cccc(OC)c1)C(=O)CN. The molecule has 4 heteroatoms. The topological polar surface area (TPSA) is 55.6 Å². The lowest BCUT2D eigenvalue weighted by Gasteiger charge is -2.20. The number of carbonyl (C=O) groups excluding carboxylic acids is 1. The van der Waals surface area contributed by atoms with E-state index in [4.69, 9.17) is 10.5 Å². The first kappa shape index (κ1) is 13.3. The molecule has 2 N–H and O–H groups in total. The number of benzene rings is 1. The van der Waals surface area contributed by atoms with Gasteiger partial charge in [-0.05, 0) is 17.7 Å². The van der Waals surface area contributed by atoms with Gasteiger partial charge in [0.1, 0.15) is 5.75 Å². The Morgan fingerprint density at radius 3 is 2.94 bits per heavy atom. The van der Waals surface area contributed by atoms with E-state index in [0.717, 1.165) is 11.3 Å². The van der Waals surface area contributed by atoms with Gasteiger partial charge < -0.3 is 15.4 Å². The molecule has 92 valence electrons. The monoisotopic (exact) mass is 234 g/mol. The summed E-state index contributed by atoms with van der Waals surface area (Å²) >= 11 is 0. The Hall–Kier alpha value is -1.81. The molecular weight excluding hydrogens is 216 g/mol. The van der Waals surface area contributed by atoms with Gasteiger partial charge in [-0.15, -0.1) is 6.58 Å². The van der Waals surface area contributed by atoms with E-state index in [0.29, 0.717) is 13.1 Å². The van der Waals surface area contributed by atoms with Crippen molar-refractivity contribution >= 4 is 5.91 Å². The second-order valence-corrected chi connectivity index (χ2v) is 3.62. The number of hydrogen-bond acceptors (Lipinski definition) is 3. The van der Waals surface area contributed by atoms with E-state index in [1.165, 1.54) is 0 Å². The maximum absolute atomic E-state index is 11.6. The minimum absolute atomic E-state index is 0.0117. The number of rotatable bonds is 6. The van der Waals surface area contributed by atoms with Crippen molar-refractivity contribution in [3.05, 3.63) is 42.5 Å². The fourth-order valence-corrected chi connectivity index (χ4v) is 1.53. The van der Waals surface area contributed by atoms with Crippen LogP contribution in [0.15, 0.2) is 36.9 Å². The Balaban J connectivity index is 2.77. The van der Waals surface area contributed by atoms with E-state index < -0.39 is 0 Å². The number of hydrogen-bond donors (Lipinski definition) is 1. The fraction of sp³-hybridized carbons (Fsp3) is 0.308. The van der Waals surface area contributed by atoms with E-state index in [-0.39, 0.29) is 12.5 Å². The molecule has 0 aliphatic heterocycles. The quantitative estimate of drug-likeness (QED) is 0.752. The van der Waals surface area contributed by atoms with E-state index in [1.807, 2.05) is 24.3 Å². The van der Waals surface area contributed by atoms with Crippen molar-refractivity contribution in [3.8, 4) is 5.75 Å². The average molecular weight is 234 g/mol. The van der Waals surface area contributed by atoms with Gasteiger partial charge in [-0.2, -0.15) is 0 Å². The van der Waals surface area contributed by atoms with E-state index >= 15 is 0 Å². The summed E-state index contributed by atoms with van der Waals surface area (Å²) in [7, 11) is 1.62. The van der Waals surface area contributed by atoms with Crippen molar-refractivity contribution in [1.82, 2.24) is 4.90 Å². The molecule has 0 aliphatic rings. The molecule has 0 heterocycles. The molecule has 0 saturated heterocycles. The average Bonchev–Trinajstić information content (AvgIpc) is 2.37. The number of carbonyl (C=O) groups is 1. The minimum atomic E-state index is -0.0901. The van der Waals surface area contributed by atoms with Crippen LogP contribution in [0.4, 0.5) is 0 Å². The Morgan fingerprint density at radius 1 is 1.59 bits per heavy atom. The number of amides is 1. The predicted octanol–water partition coefficient (Wildman–Crippen LogP) is 1.17. The number of ether oxygens (including phenoxy) is 1. The second-order valence-electron chi connectivity index (χ2n) is 3.62. The van der Waals surface area contributed by atoms with Crippen LogP contribution in [0.1, 0.15) is 5.56 Å². The van der Waals surface area contributed by atoms with Gasteiger partial charge in [-0.1, -0.05) is 18.2 Å². The highest BCUT2D eigenvalue weighted by Gasteiger charge is 2.10. The predicted molar refractivity (Wildman–Crippen MR) is 67.7 cm³/mol. The molecule has 0 saturated carbocycles. The van der Waals surface area contributed by atoms with Gasteiger partial charge in [0, 0.05) is 13.1 Å². The summed E-state index contributed by atoms with van der Waals surface area (Å²) in [5, 5.41) is 0. The summed E-state index contributed by atoms with van der Waals surface area (Å²) in [5.74, 6) is 0.689. The highest BCUT2D eigenvalue weighted by molar-refractivity contribution is 5.78. The van der Waals surface area contributed by atoms with Gasteiger partial charge in [-0.25, -0.2) is 0 Å². The summed E-state index contributed by atoms with van der Waals surface area (Å²) in [6, 6.07) is 7.61. The zero-order valence-electron chi connectivity index (χ0n) is 10.1. The Morgan fingerprint density at radius 2 is 2.35 bits per heavy atom. The fourth-order valence-electron chi connectivity index (χ4n) is 1.53. The zero-order chi connectivity index (χ0) is 12.7. The first-order valence-corrected chi connectivity index (χ1v) is 5.43. The minimum Gasteiger partial charge on any atom is -0.497 e. The van der Waals surface area contributed by atoms with E-state index in [1.54, 1.807) is 18.1 Å². The van der Waals surface area contributed by atoms with Gasteiger partial charge in [0.05, 0.1) is 13.7 Å². The molecule has 1 rings (SSSR count). The lowest BCUT2D eigenvalue weighted by molar-refractivity contribution is -0.129. The Labute approximate surface area is 102 Å². The van der Waals surface area contributed by atoms with Crippen LogP contribution in [0.2, 0.25) is 0 Å². The summed E-state index contributed by atoms with van der Waals surface area (Å²) in [6.07, 6.45) is 1.69. The lowest BCUT2D eigenvalue weighted by atomic mass is 10.2. The van der Waals surface area contributed by atoms with E-state index in [9.17, 15) is 4.79 Å². The number of nitrogens with two attached hydrogens (primary N) is 1. The molecule has 0 aromatic heterocycles. The van der Waals surface area contributed by atoms with Crippen LogP contribution in [-0.2, 0) is 11.3 Å². The molecular formula is C13H18N2O2. The van der Waals surface area contributed by atoms with Crippen LogP contribution < -0.4 is 10.5 Å². The first-order chi connectivity index (χ1) is 8.21. The molecule has 0 bridgehead atoms. The van der Waals surface area contributed by atoms with Crippen LogP contribution in [-0.4, -0.2) is 31.0 Å². The van der Waals surface area contributed by atoms with Gasteiger partial charge in [0.15, 0.2) is 0 Å². The van der Waals surface area contributed by atoms with Crippen molar-refractivity contribution in [2.45, 2.75) is 6.54 Å². The standard InChI is InChI=1S/C13H18N2O2/c1-3-7-15(13(16)9-14)10-11-5-4-6-12(8-11)17-2/h3-6,8H,1,7,9-10,14H2,2H3. The third kappa shape index (κ3) is 3.92. The summed E-state index contributed by atoms with van der Waals surface area (Å²) in [5.41, 5.74) is 6.37. The highest BCUT2D eigenvalue weighted by Crippen LogP contribution is 2.14. The van der Waals surface area contributed by atoms with Gasteiger partial charge in [0.25, 0.3) is 0 Å². The summed E-state index contributed by atoms with van der Waals surface area (Å²) in [6.45, 7) is 4.65. The van der Waals surface area contributed by atoms with Crippen molar-refractivity contribution in [3.63, 3.8) is 0 Å². The third-order valence-corrected chi connectivity index (χ3v) is 2.38. The first-order valence-electron chi connectivity index (χ1n) is 5.43. The maximum Gasteiger partial charge on any atom is 0.236 e.